The lowest BCUT2D eigenvalue weighted by atomic mass is 10.1. The Morgan fingerprint density at radius 1 is 1.15 bits per heavy atom. The minimum Gasteiger partial charge on any atom is -0.307 e. The molecule has 104 valence electrons. The Balaban J connectivity index is 2.34. The fraction of sp³-hybridized carbons (Fsp3) is 0.188. The number of hydrogen-bond donors (Lipinski definition) is 0. The lowest BCUT2D eigenvalue weighted by Gasteiger charge is -2.24. The molecular formula is C16H15Cl2NO. The quantitative estimate of drug-likeness (QED) is 0.766. The summed E-state index contributed by atoms with van der Waals surface area (Å²) in [6.07, 6.45) is 0. The number of amides is 1. The van der Waals surface area contributed by atoms with Crippen molar-refractivity contribution >= 4 is 34.8 Å². The third kappa shape index (κ3) is 3.53. The Morgan fingerprint density at radius 3 is 2.55 bits per heavy atom. The molecule has 0 saturated heterocycles. The van der Waals surface area contributed by atoms with Gasteiger partial charge in [-0.3, -0.25) is 4.79 Å². The molecule has 0 heterocycles. The number of anilines is 1. The molecule has 2 nitrogen and oxygen atoms in total. The summed E-state index contributed by atoms with van der Waals surface area (Å²) in [7, 11) is 0. The van der Waals surface area contributed by atoms with Crippen LogP contribution >= 0.6 is 23.2 Å². The second-order valence-electron chi connectivity index (χ2n) is 4.53. The Labute approximate surface area is 128 Å². The van der Waals surface area contributed by atoms with E-state index < -0.39 is 0 Å². The zero-order valence-corrected chi connectivity index (χ0v) is 12.7. The van der Waals surface area contributed by atoms with Gasteiger partial charge in [0.1, 0.15) is 5.88 Å². The Bertz CT molecular complexity index is 613. The van der Waals surface area contributed by atoms with Crippen LogP contribution in [0.4, 0.5) is 5.69 Å². The summed E-state index contributed by atoms with van der Waals surface area (Å²) in [5, 5.41) is 0.658. The van der Waals surface area contributed by atoms with E-state index in [1.807, 2.05) is 55.5 Å². The number of halogens is 2. The number of rotatable bonds is 4. The summed E-state index contributed by atoms with van der Waals surface area (Å²) in [5.74, 6) is -0.171. The van der Waals surface area contributed by atoms with E-state index in [9.17, 15) is 4.79 Å². The van der Waals surface area contributed by atoms with Crippen molar-refractivity contribution in [1.29, 1.82) is 0 Å². The van der Waals surface area contributed by atoms with E-state index in [1.165, 1.54) is 0 Å². The Kier molecular flexibility index (Phi) is 5.05. The molecule has 0 fully saturated rings. The van der Waals surface area contributed by atoms with Gasteiger partial charge in [-0.2, -0.15) is 0 Å². The number of aryl methyl sites for hydroxylation is 1. The summed E-state index contributed by atoms with van der Waals surface area (Å²) in [4.78, 5) is 13.8. The third-order valence-corrected chi connectivity index (χ3v) is 3.52. The van der Waals surface area contributed by atoms with Crippen LogP contribution in [0.2, 0.25) is 5.02 Å². The molecule has 0 bridgehead atoms. The number of benzene rings is 2. The van der Waals surface area contributed by atoms with E-state index in [2.05, 4.69) is 0 Å². The van der Waals surface area contributed by atoms with Crippen LogP contribution < -0.4 is 4.90 Å². The molecule has 1 amide bonds. The molecule has 0 unspecified atom stereocenters. The van der Waals surface area contributed by atoms with Gasteiger partial charge in [0.15, 0.2) is 0 Å². The number of alkyl halides is 1. The van der Waals surface area contributed by atoms with Crippen LogP contribution in [-0.4, -0.2) is 11.8 Å². The van der Waals surface area contributed by atoms with Gasteiger partial charge in [0.2, 0.25) is 5.91 Å². The van der Waals surface area contributed by atoms with E-state index in [4.69, 9.17) is 23.2 Å². The first-order valence-corrected chi connectivity index (χ1v) is 7.19. The zero-order chi connectivity index (χ0) is 14.5. The van der Waals surface area contributed by atoms with Crippen molar-refractivity contribution in [2.24, 2.45) is 0 Å². The van der Waals surface area contributed by atoms with Crippen LogP contribution in [0, 0.1) is 6.92 Å². The van der Waals surface area contributed by atoms with Crippen LogP contribution in [0.1, 0.15) is 11.1 Å². The molecule has 0 N–H and O–H groups in total. The molecule has 2 aromatic carbocycles. The van der Waals surface area contributed by atoms with Crippen LogP contribution in [0.25, 0.3) is 0 Å². The predicted molar refractivity (Wildman–Crippen MR) is 84.5 cm³/mol. The zero-order valence-electron chi connectivity index (χ0n) is 11.1. The van der Waals surface area contributed by atoms with Gasteiger partial charge in [0, 0.05) is 10.7 Å². The molecule has 0 aliphatic carbocycles. The van der Waals surface area contributed by atoms with Crippen LogP contribution in [0.15, 0.2) is 48.5 Å². The van der Waals surface area contributed by atoms with Crippen molar-refractivity contribution in [2.45, 2.75) is 13.5 Å². The van der Waals surface area contributed by atoms with E-state index >= 15 is 0 Å². The molecule has 2 aromatic rings. The highest BCUT2D eigenvalue weighted by atomic mass is 35.5. The second kappa shape index (κ2) is 6.78. The van der Waals surface area contributed by atoms with E-state index in [-0.39, 0.29) is 11.8 Å². The van der Waals surface area contributed by atoms with E-state index in [1.54, 1.807) is 4.90 Å². The lowest BCUT2D eigenvalue weighted by Crippen LogP contribution is -2.31. The van der Waals surface area contributed by atoms with Crippen molar-refractivity contribution < 1.29 is 4.79 Å². The summed E-state index contributed by atoms with van der Waals surface area (Å²) in [6.45, 7) is 2.43. The molecular weight excluding hydrogens is 293 g/mol. The SMILES string of the molecule is Cc1ccccc1N(Cc1cccc(Cl)c1)C(=O)CCl. The lowest BCUT2D eigenvalue weighted by molar-refractivity contribution is -0.116. The normalized spacial score (nSPS) is 10.3. The summed E-state index contributed by atoms with van der Waals surface area (Å²) < 4.78 is 0. The van der Waals surface area contributed by atoms with Crippen molar-refractivity contribution in [1.82, 2.24) is 0 Å². The fourth-order valence-electron chi connectivity index (χ4n) is 2.06. The maximum Gasteiger partial charge on any atom is 0.242 e. The van der Waals surface area contributed by atoms with Gasteiger partial charge in [-0.1, -0.05) is 41.9 Å². The topological polar surface area (TPSA) is 20.3 Å². The van der Waals surface area contributed by atoms with Gasteiger partial charge in [0.05, 0.1) is 6.54 Å². The molecule has 0 spiro atoms. The van der Waals surface area contributed by atoms with Gasteiger partial charge in [-0.15, -0.1) is 11.6 Å². The first-order valence-electron chi connectivity index (χ1n) is 6.28. The fourth-order valence-corrected chi connectivity index (χ4v) is 2.42. The average molecular weight is 308 g/mol. The minimum atomic E-state index is -0.124. The third-order valence-electron chi connectivity index (χ3n) is 3.05. The van der Waals surface area contributed by atoms with Crippen molar-refractivity contribution in [2.75, 3.05) is 10.8 Å². The molecule has 0 atom stereocenters. The molecule has 0 aliphatic rings. The molecule has 2 rings (SSSR count). The van der Waals surface area contributed by atoms with Gasteiger partial charge in [-0.25, -0.2) is 0 Å². The number of carbonyl (C=O) groups excluding carboxylic acids is 1. The minimum absolute atomic E-state index is 0.0467. The Hall–Kier alpha value is -1.51. The van der Waals surface area contributed by atoms with Crippen molar-refractivity contribution in [3.05, 3.63) is 64.7 Å². The second-order valence-corrected chi connectivity index (χ2v) is 5.23. The van der Waals surface area contributed by atoms with Gasteiger partial charge >= 0.3 is 0 Å². The maximum atomic E-state index is 12.1. The van der Waals surface area contributed by atoms with Gasteiger partial charge < -0.3 is 4.90 Å². The predicted octanol–water partition coefficient (Wildman–Crippen LogP) is 4.42. The monoisotopic (exact) mass is 307 g/mol. The maximum absolute atomic E-state index is 12.1. The highest BCUT2D eigenvalue weighted by molar-refractivity contribution is 6.30. The highest BCUT2D eigenvalue weighted by Gasteiger charge is 2.16. The van der Waals surface area contributed by atoms with Crippen molar-refractivity contribution in [3.63, 3.8) is 0 Å². The summed E-state index contributed by atoms with van der Waals surface area (Å²) in [5.41, 5.74) is 2.88. The smallest absolute Gasteiger partial charge is 0.242 e. The molecule has 20 heavy (non-hydrogen) atoms. The highest BCUT2D eigenvalue weighted by Crippen LogP contribution is 2.23. The van der Waals surface area contributed by atoms with E-state index in [0.29, 0.717) is 11.6 Å². The molecule has 0 aromatic heterocycles. The molecule has 4 heteroatoms. The first-order chi connectivity index (χ1) is 9.61. The number of para-hydroxylation sites is 1. The Morgan fingerprint density at radius 2 is 1.90 bits per heavy atom. The van der Waals surface area contributed by atoms with Crippen LogP contribution in [-0.2, 0) is 11.3 Å². The molecule has 0 aliphatic heterocycles. The van der Waals surface area contributed by atoms with Gasteiger partial charge in [-0.05, 0) is 36.2 Å². The standard InChI is InChI=1S/C16H15Cl2NO/c1-12-5-2-3-8-15(12)19(16(20)10-17)11-13-6-4-7-14(18)9-13/h2-9H,10-11H2,1H3. The molecule has 0 saturated carbocycles. The van der Waals surface area contributed by atoms with Gasteiger partial charge in [0.25, 0.3) is 0 Å². The van der Waals surface area contributed by atoms with E-state index in [0.717, 1.165) is 16.8 Å². The number of carbonyl (C=O) groups is 1. The van der Waals surface area contributed by atoms with Crippen molar-refractivity contribution in [3.8, 4) is 0 Å². The van der Waals surface area contributed by atoms with Crippen LogP contribution in [0.5, 0.6) is 0 Å². The largest absolute Gasteiger partial charge is 0.307 e. The summed E-state index contributed by atoms with van der Waals surface area (Å²) in [6, 6.07) is 15.2. The number of nitrogens with zero attached hydrogens (tertiary/aromatic N) is 1. The number of hydrogen-bond acceptors (Lipinski definition) is 1. The summed E-state index contributed by atoms with van der Waals surface area (Å²) >= 11 is 11.7. The van der Waals surface area contributed by atoms with Crippen LogP contribution in [0.3, 0.4) is 0 Å². The average Bonchev–Trinajstić information content (AvgIpc) is 2.45. The first kappa shape index (κ1) is 14.9. The molecule has 0 radical (unpaired) electrons.